The number of nitro benzene ring substituents is 1. The maximum atomic E-state index is 11.7. The summed E-state index contributed by atoms with van der Waals surface area (Å²) in [5, 5.41) is 13.5. The van der Waals surface area contributed by atoms with E-state index in [0.29, 0.717) is 18.8 Å². The third kappa shape index (κ3) is 2.47. The largest absolute Gasteiger partial charge is 0.357 e. The molecule has 1 heterocycles. The molecule has 0 aliphatic carbocycles. The first kappa shape index (κ1) is 14.0. The highest BCUT2D eigenvalue weighted by molar-refractivity contribution is 6.01. The highest BCUT2D eigenvalue weighted by Crippen LogP contribution is 2.28. The van der Waals surface area contributed by atoms with E-state index in [4.69, 9.17) is 0 Å². The van der Waals surface area contributed by atoms with Crippen LogP contribution in [0.3, 0.4) is 0 Å². The average Bonchev–Trinajstić information content (AvgIpc) is 2.41. The molecule has 7 heteroatoms. The van der Waals surface area contributed by atoms with Gasteiger partial charge in [0.1, 0.15) is 6.04 Å². The molecular formula is C13H15N3O4. The summed E-state index contributed by atoms with van der Waals surface area (Å²) in [5.41, 5.74) is 0.694. The first-order valence-corrected chi connectivity index (χ1v) is 6.25. The fraction of sp³-hybridized carbons (Fsp3) is 0.385. The summed E-state index contributed by atoms with van der Waals surface area (Å²) in [4.78, 5) is 35.5. The Morgan fingerprint density at radius 1 is 1.50 bits per heavy atom. The van der Waals surface area contributed by atoms with E-state index in [1.165, 1.54) is 25.1 Å². The molecule has 1 unspecified atom stereocenters. The number of nitrogens with zero attached hydrogens (tertiary/aromatic N) is 2. The van der Waals surface area contributed by atoms with E-state index in [0.717, 1.165) is 0 Å². The van der Waals surface area contributed by atoms with Gasteiger partial charge in [0.15, 0.2) is 5.78 Å². The monoisotopic (exact) mass is 277 g/mol. The van der Waals surface area contributed by atoms with E-state index >= 15 is 0 Å². The number of Topliss-reactive ketones (excluding diaryl/α,β-unsaturated/α-hetero) is 1. The minimum atomic E-state index is -0.539. The summed E-state index contributed by atoms with van der Waals surface area (Å²) in [7, 11) is 0. The first-order valence-electron chi connectivity index (χ1n) is 6.25. The molecule has 0 bridgehead atoms. The number of hydrogen-bond acceptors (Lipinski definition) is 5. The molecular weight excluding hydrogens is 262 g/mol. The van der Waals surface area contributed by atoms with Crippen LogP contribution in [0.4, 0.5) is 11.4 Å². The van der Waals surface area contributed by atoms with E-state index < -0.39 is 11.0 Å². The van der Waals surface area contributed by atoms with Gasteiger partial charge in [0.05, 0.1) is 4.92 Å². The van der Waals surface area contributed by atoms with Crippen LogP contribution in [-0.4, -0.2) is 35.7 Å². The fourth-order valence-electron chi connectivity index (χ4n) is 2.28. The Bertz CT molecular complexity index is 585. The van der Waals surface area contributed by atoms with E-state index in [1.54, 1.807) is 11.8 Å². The molecule has 1 aliphatic rings. The Morgan fingerprint density at radius 2 is 2.20 bits per heavy atom. The third-order valence-electron chi connectivity index (χ3n) is 3.38. The van der Waals surface area contributed by atoms with Crippen molar-refractivity contribution in [3.63, 3.8) is 0 Å². The lowest BCUT2D eigenvalue weighted by Crippen LogP contribution is -2.54. The van der Waals surface area contributed by atoms with Gasteiger partial charge < -0.3 is 10.2 Å². The second-order valence-electron chi connectivity index (χ2n) is 4.68. The second-order valence-corrected chi connectivity index (χ2v) is 4.68. The van der Waals surface area contributed by atoms with Crippen molar-refractivity contribution in [2.45, 2.75) is 19.9 Å². The summed E-state index contributed by atoms with van der Waals surface area (Å²) in [6.07, 6.45) is 0. The molecule has 1 N–H and O–H groups in total. The van der Waals surface area contributed by atoms with E-state index in [9.17, 15) is 19.7 Å². The fourth-order valence-corrected chi connectivity index (χ4v) is 2.28. The molecule has 1 aliphatic heterocycles. The molecule has 0 aromatic heterocycles. The highest BCUT2D eigenvalue weighted by atomic mass is 16.6. The van der Waals surface area contributed by atoms with Crippen LogP contribution >= 0.6 is 0 Å². The van der Waals surface area contributed by atoms with E-state index in [-0.39, 0.29) is 22.9 Å². The summed E-state index contributed by atoms with van der Waals surface area (Å²) in [5.74, 6) is -0.383. The van der Waals surface area contributed by atoms with Crippen molar-refractivity contribution in [2.24, 2.45) is 0 Å². The number of non-ortho nitro benzene ring substituents is 1. The van der Waals surface area contributed by atoms with Crippen molar-refractivity contribution in [1.29, 1.82) is 0 Å². The minimum absolute atomic E-state index is 0.121. The van der Waals surface area contributed by atoms with Crippen LogP contribution in [-0.2, 0) is 4.79 Å². The van der Waals surface area contributed by atoms with Gasteiger partial charge in [0.25, 0.3) is 5.69 Å². The van der Waals surface area contributed by atoms with Crippen LogP contribution in [0.25, 0.3) is 0 Å². The molecule has 0 spiro atoms. The Labute approximate surface area is 115 Å². The first-order chi connectivity index (χ1) is 9.41. The maximum Gasteiger partial charge on any atom is 0.270 e. The van der Waals surface area contributed by atoms with Gasteiger partial charge in [-0.15, -0.1) is 0 Å². The van der Waals surface area contributed by atoms with Gasteiger partial charge in [-0.1, -0.05) is 0 Å². The number of rotatable bonds is 3. The minimum Gasteiger partial charge on any atom is -0.357 e. The number of carbonyl (C=O) groups is 2. The molecule has 0 saturated carbocycles. The number of anilines is 1. The SMILES string of the molecule is CC(=O)c1cc([N+](=O)[O-])ccc1N1CCNC(=O)C1C. The highest BCUT2D eigenvalue weighted by Gasteiger charge is 2.28. The normalized spacial score (nSPS) is 18.6. The Morgan fingerprint density at radius 3 is 2.80 bits per heavy atom. The maximum absolute atomic E-state index is 11.7. The number of ketones is 1. The summed E-state index contributed by atoms with van der Waals surface area (Å²) in [6.45, 7) is 4.14. The Hall–Kier alpha value is -2.44. The lowest BCUT2D eigenvalue weighted by molar-refractivity contribution is -0.384. The van der Waals surface area contributed by atoms with Crippen molar-refractivity contribution < 1.29 is 14.5 Å². The van der Waals surface area contributed by atoms with Crippen LogP contribution in [0.5, 0.6) is 0 Å². The Kier molecular flexibility index (Phi) is 3.69. The zero-order valence-corrected chi connectivity index (χ0v) is 11.3. The van der Waals surface area contributed by atoms with Crippen LogP contribution < -0.4 is 10.2 Å². The van der Waals surface area contributed by atoms with Crippen molar-refractivity contribution in [3.05, 3.63) is 33.9 Å². The quantitative estimate of drug-likeness (QED) is 0.507. The lowest BCUT2D eigenvalue weighted by atomic mass is 10.0. The Balaban J connectivity index is 2.47. The molecule has 1 saturated heterocycles. The molecule has 106 valence electrons. The van der Waals surface area contributed by atoms with Crippen molar-refractivity contribution in [1.82, 2.24) is 5.32 Å². The van der Waals surface area contributed by atoms with Crippen LogP contribution in [0.2, 0.25) is 0 Å². The number of piperazine rings is 1. The molecule has 1 aromatic rings. The topological polar surface area (TPSA) is 92.5 Å². The second kappa shape index (κ2) is 5.28. The molecule has 20 heavy (non-hydrogen) atoms. The van der Waals surface area contributed by atoms with Crippen molar-refractivity contribution in [3.8, 4) is 0 Å². The van der Waals surface area contributed by atoms with Crippen LogP contribution in [0.15, 0.2) is 18.2 Å². The van der Waals surface area contributed by atoms with E-state index in [2.05, 4.69) is 5.32 Å². The number of hydrogen-bond donors (Lipinski definition) is 1. The average molecular weight is 277 g/mol. The number of nitrogens with one attached hydrogen (secondary N) is 1. The summed E-state index contributed by atoms with van der Waals surface area (Å²) >= 11 is 0. The van der Waals surface area contributed by atoms with Crippen molar-refractivity contribution in [2.75, 3.05) is 18.0 Å². The van der Waals surface area contributed by atoms with Gasteiger partial charge in [-0.25, -0.2) is 0 Å². The van der Waals surface area contributed by atoms with Crippen LogP contribution in [0, 0.1) is 10.1 Å². The summed E-state index contributed by atoms with van der Waals surface area (Å²) in [6, 6.07) is 3.73. The number of carbonyl (C=O) groups excluding carboxylic acids is 2. The predicted molar refractivity (Wildman–Crippen MR) is 72.9 cm³/mol. The van der Waals surface area contributed by atoms with E-state index in [1.807, 2.05) is 0 Å². The third-order valence-corrected chi connectivity index (χ3v) is 3.38. The van der Waals surface area contributed by atoms with Gasteiger partial charge >= 0.3 is 0 Å². The zero-order valence-electron chi connectivity index (χ0n) is 11.3. The molecule has 0 radical (unpaired) electrons. The van der Waals surface area contributed by atoms with Gasteiger partial charge in [-0.05, 0) is 19.9 Å². The molecule has 1 amide bonds. The predicted octanol–water partition coefficient (Wildman–Crippen LogP) is 1.12. The number of benzene rings is 1. The zero-order chi connectivity index (χ0) is 14.9. The molecule has 1 aromatic carbocycles. The summed E-state index contributed by atoms with van der Waals surface area (Å²) < 4.78 is 0. The smallest absolute Gasteiger partial charge is 0.270 e. The molecule has 1 fully saturated rings. The molecule has 1 atom stereocenters. The van der Waals surface area contributed by atoms with Gasteiger partial charge in [0.2, 0.25) is 5.91 Å². The number of amides is 1. The van der Waals surface area contributed by atoms with Crippen LogP contribution in [0.1, 0.15) is 24.2 Å². The van der Waals surface area contributed by atoms with Gasteiger partial charge in [-0.2, -0.15) is 0 Å². The lowest BCUT2D eigenvalue weighted by Gasteiger charge is -2.35. The van der Waals surface area contributed by atoms with Crippen molar-refractivity contribution >= 4 is 23.1 Å². The van der Waals surface area contributed by atoms with Gasteiger partial charge in [0, 0.05) is 36.5 Å². The molecule has 7 nitrogen and oxygen atoms in total. The van der Waals surface area contributed by atoms with Gasteiger partial charge in [-0.3, -0.25) is 19.7 Å². The number of nitro groups is 1. The standard InChI is InChI=1S/C13H15N3O4/c1-8-13(18)14-5-6-15(8)12-4-3-10(16(19)20)7-11(12)9(2)17/h3-4,7-8H,5-6H2,1-2H3,(H,14,18). The molecule has 2 rings (SSSR count).